The molecule has 0 amide bonds. The molecule has 2 aromatic rings. The van der Waals surface area contributed by atoms with Crippen LogP contribution in [0.15, 0.2) is 35.1 Å². The maximum absolute atomic E-state index is 12.5. The molecule has 0 radical (unpaired) electrons. The maximum Gasteiger partial charge on any atom is 0.261 e. The number of nitrogens with zero attached hydrogens (tertiary/aromatic N) is 2. The van der Waals surface area contributed by atoms with E-state index in [-0.39, 0.29) is 5.56 Å². The van der Waals surface area contributed by atoms with Gasteiger partial charge in [0, 0.05) is 6.54 Å². The Hall–Kier alpha value is -1.90. The summed E-state index contributed by atoms with van der Waals surface area (Å²) in [6, 6.07) is 7.60. The van der Waals surface area contributed by atoms with Gasteiger partial charge in [-0.2, -0.15) is 0 Å². The monoisotopic (exact) mass is 238 g/mol. The molecule has 4 rings (SSSR count). The molecule has 1 saturated carbocycles. The Kier molecular flexibility index (Phi) is 1.85. The minimum absolute atomic E-state index is 0.105. The molecule has 0 N–H and O–H groups in total. The molecule has 90 valence electrons. The Bertz CT molecular complexity index is 723. The number of hydrogen-bond acceptors (Lipinski definition) is 2. The third kappa shape index (κ3) is 1.37. The van der Waals surface area contributed by atoms with Crippen molar-refractivity contribution in [3.05, 3.63) is 46.5 Å². The lowest BCUT2D eigenvalue weighted by molar-refractivity contribution is 0.422. The Labute approximate surface area is 105 Å². The SMILES string of the molecule is O=c1c2ccccc2nc2n1CC1(CC=C2)CC1. The molecule has 0 unspecified atom stereocenters. The summed E-state index contributed by atoms with van der Waals surface area (Å²) in [6.07, 6.45) is 7.71. The largest absolute Gasteiger partial charge is 0.292 e. The smallest absolute Gasteiger partial charge is 0.261 e. The quantitative estimate of drug-likeness (QED) is 0.707. The average molecular weight is 238 g/mol. The second-order valence-electron chi connectivity index (χ2n) is 5.48. The van der Waals surface area contributed by atoms with Crippen LogP contribution in [0.2, 0.25) is 0 Å². The summed E-state index contributed by atoms with van der Waals surface area (Å²) < 4.78 is 1.86. The Morgan fingerprint density at radius 2 is 2.06 bits per heavy atom. The number of hydrogen-bond donors (Lipinski definition) is 0. The van der Waals surface area contributed by atoms with Crippen LogP contribution in [0.1, 0.15) is 25.1 Å². The molecule has 3 heteroatoms. The van der Waals surface area contributed by atoms with Gasteiger partial charge in [0.2, 0.25) is 0 Å². The van der Waals surface area contributed by atoms with Crippen molar-refractivity contribution in [1.29, 1.82) is 0 Å². The molecule has 1 aliphatic carbocycles. The highest BCUT2D eigenvalue weighted by Gasteiger charge is 2.43. The zero-order valence-corrected chi connectivity index (χ0v) is 10.1. The minimum atomic E-state index is 0.105. The molecule has 0 bridgehead atoms. The first-order chi connectivity index (χ1) is 8.77. The van der Waals surface area contributed by atoms with Crippen LogP contribution in [0, 0.1) is 5.41 Å². The predicted molar refractivity (Wildman–Crippen MR) is 71.3 cm³/mol. The Morgan fingerprint density at radius 3 is 2.89 bits per heavy atom. The second kappa shape index (κ2) is 3.31. The van der Waals surface area contributed by atoms with Crippen molar-refractivity contribution in [1.82, 2.24) is 9.55 Å². The van der Waals surface area contributed by atoms with Crippen LogP contribution >= 0.6 is 0 Å². The number of para-hydroxylation sites is 1. The van der Waals surface area contributed by atoms with E-state index >= 15 is 0 Å². The summed E-state index contributed by atoms with van der Waals surface area (Å²) in [5, 5.41) is 0.729. The van der Waals surface area contributed by atoms with Crippen molar-refractivity contribution < 1.29 is 0 Å². The van der Waals surface area contributed by atoms with Gasteiger partial charge in [-0.1, -0.05) is 18.2 Å². The summed E-state index contributed by atoms with van der Waals surface area (Å²) in [7, 11) is 0. The molecule has 1 aromatic heterocycles. The standard InChI is InChI=1S/C15H14N2O/c18-14-11-4-1-2-5-12(11)16-13-6-3-7-15(8-9-15)10-17(13)14/h1-6H,7-10H2. The molecule has 1 aliphatic heterocycles. The van der Waals surface area contributed by atoms with Gasteiger partial charge in [0.15, 0.2) is 0 Å². The topological polar surface area (TPSA) is 34.9 Å². The van der Waals surface area contributed by atoms with Crippen molar-refractivity contribution in [2.45, 2.75) is 25.8 Å². The van der Waals surface area contributed by atoms with Crippen molar-refractivity contribution in [3.63, 3.8) is 0 Å². The molecular weight excluding hydrogens is 224 g/mol. The molecular formula is C15H14N2O. The third-order valence-corrected chi connectivity index (χ3v) is 4.16. The highest BCUT2D eigenvalue weighted by molar-refractivity contribution is 5.78. The van der Waals surface area contributed by atoms with Gasteiger partial charge in [-0.25, -0.2) is 4.98 Å². The van der Waals surface area contributed by atoms with Crippen LogP contribution in [0.3, 0.4) is 0 Å². The van der Waals surface area contributed by atoms with Gasteiger partial charge in [0.1, 0.15) is 5.82 Å². The van der Waals surface area contributed by atoms with E-state index in [1.54, 1.807) is 0 Å². The summed E-state index contributed by atoms with van der Waals surface area (Å²) >= 11 is 0. The summed E-state index contributed by atoms with van der Waals surface area (Å²) in [4.78, 5) is 17.1. The Balaban J connectivity index is 2.03. The first kappa shape index (κ1) is 10.1. The molecule has 2 aliphatic rings. The van der Waals surface area contributed by atoms with Gasteiger partial charge in [0.25, 0.3) is 5.56 Å². The highest BCUT2D eigenvalue weighted by Crippen LogP contribution is 2.51. The van der Waals surface area contributed by atoms with Crippen LogP contribution in [0.5, 0.6) is 0 Å². The van der Waals surface area contributed by atoms with E-state index in [4.69, 9.17) is 0 Å². The lowest BCUT2D eigenvalue weighted by atomic mass is 10.0. The van der Waals surface area contributed by atoms with Gasteiger partial charge in [0.05, 0.1) is 10.9 Å². The molecule has 18 heavy (non-hydrogen) atoms. The van der Waals surface area contributed by atoms with Gasteiger partial charge in [-0.15, -0.1) is 0 Å². The van der Waals surface area contributed by atoms with Gasteiger partial charge in [-0.3, -0.25) is 9.36 Å². The molecule has 1 spiro atoms. The second-order valence-corrected chi connectivity index (χ2v) is 5.48. The van der Waals surface area contributed by atoms with Crippen molar-refractivity contribution in [2.24, 2.45) is 5.41 Å². The normalized spacial score (nSPS) is 19.8. The number of allylic oxidation sites excluding steroid dienone is 1. The molecule has 1 fully saturated rings. The molecule has 3 nitrogen and oxygen atoms in total. The lowest BCUT2D eigenvalue weighted by Crippen LogP contribution is -2.26. The first-order valence-electron chi connectivity index (χ1n) is 6.44. The number of fused-ring (bicyclic) bond motifs is 2. The summed E-state index contributed by atoms with van der Waals surface area (Å²) in [5.41, 5.74) is 1.24. The minimum Gasteiger partial charge on any atom is -0.292 e. The van der Waals surface area contributed by atoms with Crippen LogP contribution in [0.25, 0.3) is 17.0 Å². The first-order valence-corrected chi connectivity index (χ1v) is 6.44. The van der Waals surface area contributed by atoms with Crippen molar-refractivity contribution >= 4 is 17.0 Å². The van der Waals surface area contributed by atoms with E-state index in [9.17, 15) is 4.79 Å². The average Bonchev–Trinajstić information content (AvgIpc) is 3.17. The van der Waals surface area contributed by atoms with Gasteiger partial charge < -0.3 is 0 Å². The highest BCUT2D eigenvalue weighted by atomic mass is 16.1. The van der Waals surface area contributed by atoms with E-state index in [2.05, 4.69) is 11.1 Å². The van der Waals surface area contributed by atoms with Crippen LogP contribution < -0.4 is 5.56 Å². The van der Waals surface area contributed by atoms with Crippen LogP contribution in [-0.2, 0) is 6.54 Å². The van der Waals surface area contributed by atoms with E-state index in [1.807, 2.05) is 34.9 Å². The number of aromatic nitrogens is 2. The van der Waals surface area contributed by atoms with Gasteiger partial charge >= 0.3 is 0 Å². The number of rotatable bonds is 0. The summed E-state index contributed by atoms with van der Waals surface area (Å²) in [5.74, 6) is 0.808. The van der Waals surface area contributed by atoms with E-state index in [0.717, 1.165) is 29.7 Å². The van der Waals surface area contributed by atoms with Crippen molar-refractivity contribution in [2.75, 3.05) is 0 Å². The van der Waals surface area contributed by atoms with Crippen LogP contribution in [0.4, 0.5) is 0 Å². The fourth-order valence-corrected chi connectivity index (χ4v) is 2.82. The predicted octanol–water partition coefficient (Wildman–Crippen LogP) is 2.59. The molecule has 0 atom stereocenters. The fraction of sp³-hybridized carbons (Fsp3) is 0.333. The van der Waals surface area contributed by atoms with Gasteiger partial charge in [-0.05, 0) is 42.9 Å². The van der Waals surface area contributed by atoms with Crippen molar-refractivity contribution in [3.8, 4) is 0 Å². The Morgan fingerprint density at radius 1 is 1.22 bits per heavy atom. The molecule has 1 aromatic carbocycles. The van der Waals surface area contributed by atoms with E-state index in [1.165, 1.54) is 12.8 Å². The van der Waals surface area contributed by atoms with E-state index < -0.39 is 0 Å². The third-order valence-electron chi connectivity index (χ3n) is 4.16. The maximum atomic E-state index is 12.5. The lowest BCUT2D eigenvalue weighted by Gasteiger charge is -2.14. The fourth-order valence-electron chi connectivity index (χ4n) is 2.82. The van der Waals surface area contributed by atoms with E-state index in [0.29, 0.717) is 5.41 Å². The molecule has 0 saturated heterocycles. The summed E-state index contributed by atoms with van der Waals surface area (Å²) in [6.45, 7) is 0.825. The zero-order chi connectivity index (χ0) is 12.2. The van der Waals surface area contributed by atoms with Crippen LogP contribution in [-0.4, -0.2) is 9.55 Å². The number of benzene rings is 1. The zero-order valence-electron chi connectivity index (χ0n) is 10.1. The molecule has 2 heterocycles.